The molecule has 0 spiro atoms. The summed E-state index contributed by atoms with van der Waals surface area (Å²) in [6.45, 7) is 0.335. The molecule has 1 saturated carbocycles. The van der Waals surface area contributed by atoms with Crippen LogP contribution in [0.2, 0.25) is 5.02 Å². The molecule has 1 fully saturated rings. The lowest BCUT2D eigenvalue weighted by Crippen LogP contribution is -2.27. The largest absolute Gasteiger partial charge is 0.496 e. The molecule has 0 aromatic heterocycles. The van der Waals surface area contributed by atoms with E-state index in [0.717, 1.165) is 5.56 Å². The number of hydrogen-bond acceptors (Lipinski definition) is 3. The maximum atomic E-state index is 13.1. The van der Waals surface area contributed by atoms with Crippen LogP contribution in [-0.2, 0) is 16.1 Å². The van der Waals surface area contributed by atoms with Gasteiger partial charge in [-0.15, -0.1) is 0 Å². The summed E-state index contributed by atoms with van der Waals surface area (Å²) in [7, 11) is 1.57. The molecule has 2 unspecified atom stereocenters. The zero-order valence-electron chi connectivity index (χ0n) is 14.1. The van der Waals surface area contributed by atoms with E-state index in [1.807, 2.05) is 24.3 Å². The molecule has 7 heteroatoms. The number of halogens is 2. The Labute approximate surface area is 155 Å². The van der Waals surface area contributed by atoms with Gasteiger partial charge in [-0.3, -0.25) is 9.59 Å². The van der Waals surface area contributed by atoms with Crippen LogP contribution in [0.3, 0.4) is 0 Å². The molecule has 0 saturated heterocycles. The van der Waals surface area contributed by atoms with Gasteiger partial charge in [-0.25, -0.2) is 4.39 Å². The molecule has 2 amide bonds. The molecule has 5 nitrogen and oxygen atoms in total. The van der Waals surface area contributed by atoms with Crippen LogP contribution in [0.25, 0.3) is 0 Å². The fraction of sp³-hybridized carbons (Fsp3) is 0.263. The Hall–Kier alpha value is -2.60. The molecule has 2 N–H and O–H groups in total. The van der Waals surface area contributed by atoms with Gasteiger partial charge in [0.1, 0.15) is 11.6 Å². The van der Waals surface area contributed by atoms with Gasteiger partial charge in [-0.05, 0) is 30.7 Å². The summed E-state index contributed by atoms with van der Waals surface area (Å²) in [6.07, 6.45) is 0.485. The molecule has 2 aromatic rings. The maximum Gasteiger partial charge on any atom is 0.228 e. The number of amides is 2. The molecule has 3 rings (SSSR count). The lowest BCUT2D eigenvalue weighted by Gasteiger charge is -2.09. The third-order valence-corrected chi connectivity index (χ3v) is 4.59. The molecular weight excluding hydrogens is 359 g/mol. The van der Waals surface area contributed by atoms with Crippen LogP contribution in [0, 0.1) is 17.7 Å². The second-order valence-electron chi connectivity index (χ2n) is 6.10. The first-order valence-electron chi connectivity index (χ1n) is 8.15. The number of methoxy groups -OCH3 is 1. The minimum atomic E-state index is -0.551. The van der Waals surface area contributed by atoms with E-state index in [-0.39, 0.29) is 22.8 Å². The fourth-order valence-electron chi connectivity index (χ4n) is 2.75. The van der Waals surface area contributed by atoms with Gasteiger partial charge in [0.25, 0.3) is 0 Å². The average molecular weight is 377 g/mol. The third kappa shape index (κ3) is 4.14. The summed E-state index contributed by atoms with van der Waals surface area (Å²) in [6, 6.07) is 11.4. The van der Waals surface area contributed by atoms with Crippen LogP contribution in [-0.4, -0.2) is 18.9 Å². The summed E-state index contributed by atoms with van der Waals surface area (Å²) >= 11 is 5.70. The molecule has 1 aliphatic rings. The first-order chi connectivity index (χ1) is 12.5. The van der Waals surface area contributed by atoms with Gasteiger partial charge in [-0.2, -0.15) is 0 Å². The van der Waals surface area contributed by atoms with Gasteiger partial charge in [0, 0.05) is 17.8 Å². The second-order valence-corrected chi connectivity index (χ2v) is 6.50. The van der Waals surface area contributed by atoms with Crippen LogP contribution in [0.15, 0.2) is 42.5 Å². The van der Waals surface area contributed by atoms with Gasteiger partial charge in [0.05, 0.1) is 24.0 Å². The summed E-state index contributed by atoms with van der Waals surface area (Å²) < 4.78 is 18.4. The molecule has 0 aliphatic heterocycles. The van der Waals surface area contributed by atoms with Crippen molar-refractivity contribution in [1.82, 2.24) is 5.32 Å². The summed E-state index contributed by atoms with van der Waals surface area (Å²) in [5.41, 5.74) is 1.27. The van der Waals surface area contributed by atoms with Crippen LogP contribution in [0.4, 0.5) is 10.1 Å². The summed E-state index contributed by atoms with van der Waals surface area (Å²) in [4.78, 5) is 24.5. The highest BCUT2D eigenvalue weighted by molar-refractivity contribution is 6.31. The Morgan fingerprint density at radius 1 is 1.19 bits per heavy atom. The van der Waals surface area contributed by atoms with Crippen molar-refractivity contribution in [1.29, 1.82) is 0 Å². The number of rotatable bonds is 6. The molecule has 1 aliphatic carbocycles. The van der Waals surface area contributed by atoms with E-state index in [4.69, 9.17) is 16.3 Å². The summed E-state index contributed by atoms with van der Waals surface area (Å²) in [5, 5.41) is 5.42. The number of carbonyl (C=O) groups excluding carboxylic acids is 2. The van der Waals surface area contributed by atoms with Crippen LogP contribution < -0.4 is 15.4 Å². The highest BCUT2D eigenvalue weighted by Crippen LogP contribution is 2.39. The SMILES string of the molecule is COc1ccccc1CNC(=O)C1CC1C(=O)Nc1ccc(F)c(Cl)c1. The Kier molecular flexibility index (Phi) is 5.42. The van der Waals surface area contributed by atoms with E-state index >= 15 is 0 Å². The molecule has 0 heterocycles. The molecule has 0 radical (unpaired) electrons. The van der Waals surface area contributed by atoms with E-state index in [1.165, 1.54) is 18.2 Å². The predicted octanol–water partition coefficient (Wildman–Crippen LogP) is 3.38. The van der Waals surface area contributed by atoms with E-state index < -0.39 is 11.7 Å². The van der Waals surface area contributed by atoms with E-state index in [1.54, 1.807) is 7.11 Å². The highest BCUT2D eigenvalue weighted by atomic mass is 35.5. The molecule has 0 bridgehead atoms. The van der Waals surface area contributed by atoms with Gasteiger partial charge in [0.15, 0.2) is 0 Å². The molecule has 26 heavy (non-hydrogen) atoms. The minimum absolute atomic E-state index is 0.0651. The van der Waals surface area contributed by atoms with Crippen LogP contribution in [0.5, 0.6) is 5.75 Å². The number of carbonyl (C=O) groups is 2. The number of anilines is 1. The number of ether oxygens (including phenoxy) is 1. The zero-order chi connectivity index (χ0) is 18.7. The second kappa shape index (κ2) is 7.74. The van der Waals surface area contributed by atoms with Crippen molar-refractivity contribution in [3.05, 3.63) is 58.9 Å². The number of hydrogen-bond donors (Lipinski definition) is 2. The Morgan fingerprint density at radius 3 is 2.65 bits per heavy atom. The lowest BCUT2D eigenvalue weighted by molar-refractivity contribution is -0.125. The van der Waals surface area contributed by atoms with Crippen molar-refractivity contribution in [2.75, 3.05) is 12.4 Å². The fourth-order valence-corrected chi connectivity index (χ4v) is 2.93. The van der Waals surface area contributed by atoms with Gasteiger partial charge in [-0.1, -0.05) is 29.8 Å². The van der Waals surface area contributed by atoms with Crippen LogP contribution >= 0.6 is 11.6 Å². The standard InChI is InChI=1S/C19H18ClFN2O3/c1-26-17-5-3-2-4-11(17)10-22-18(24)13-9-14(13)19(25)23-12-6-7-16(21)15(20)8-12/h2-8,13-14H,9-10H2,1H3,(H,22,24)(H,23,25). The lowest BCUT2D eigenvalue weighted by atomic mass is 10.2. The molecule has 136 valence electrons. The Bertz CT molecular complexity index is 843. The third-order valence-electron chi connectivity index (χ3n) is 4.30. The Morgan fingerprint density at radius 2 is 1.92 bits per heavy atom. The predicted molar refractivity (Wildman–Crippen MR) is 96.5 cm³/mol. The first-order valence-corrected chi connectivity index (χ1v) is 8.53. The Balaban J connectivity index is 1.51. The van der Waals surface area contributed by atoms with Crippen molar-refractivity contribution in [3.8, 4) is 5.75 Å². The molecule has 2 atom stereocenters. The topological polar surface area (TPSA) is 67.4 Å². The number of para-hydroxylation sites is 1. The van der Waals surface area contributed by atoms with E-state index in [2.05, 4.69) is 10.6 Å². The number of benzene rings is 2. The molecule has 2 aromatic carbocycles. The highest BCUT2D eigenvalue weighted by Gasteiger charge is 2.47. The average Bonchev–Trinajstić information content (AvgIpc) is 3.44. The quantitative estimate of drug-likeness (QED) is 0.812. The normalized spacial score (nSPS) is 18.1. The zero-order valence-corrected chi connectivity index (χ0v) is 14.8. The number of nitrogens with one attached hydrogen (secondary N) is 2. The maximum absolute atomic E-state index is 13.1. The van der Waals surface area contributed by atoms with Crippen LogP contribution in [0.1, 0.15) is 12.0 Å². The van der Waals surface area contributed by atoms with Gasteiger partial charge >= 0.3 is 0 Å². The van der Waals surface area contributed by atoms with Crippen molar-refractivity contribution in [2.24, 2.45) is 11.8 Å². The summed E-state index contributed by atoms with van der Waals surface area (Å²) in [5.74, 6) is -1.05. The first kappa shape index (κ1) is 18.2. The van der Waals surface area contributed by atoms with Crippen molar-refractivity contribution in [3.63, 3.8) is 0 Å². The monoisotopic (exact) mass is 376 g/mol. The van der Waals surface area contributed by atoms with Gasteiger partial charge in [0.2, 0.25) is 11.8 Å². The van der Waals surface area contributed by atoms with Crippen molar-refractivity contribution >= 4 is 29.1 Å². The van der Waals surface area contributed by atoms with E-state index in [9.17, 15) is 14.0 Å². The minimum Gasteiger partial charge on any atom is -0.496 e. The van der Waals surface area contributed by atoms with Gasteiger partial charge < -0.3 is 15.4 Å². The smallest absolute Gasteiger partial charge is 0.228 e. The van der Waals surface area contributed by atoms with Crippen molar-refractivity contribution in [2.45, 2.75) is 13.0 Å². The molecular formula is C19H18ClFN2O3. The van der Waals surface area contributed by atoms with E-state index in [0.29, 0.717) is 24.4 Å². The van der Waals surface area contributed by atoms with Crippen molar-refractivity contribution < 1.29 is 18.7 Å².